The van der Waals surface area contributed by atoms with Crippen molar-refractivity contribution in [1.29, 1.82) is 0 Å². The van der Waals surface area contributed by atoms with Crippen LogP contribution in [0.5, 0.6) is 5.75 Å². The van der Waals surface area contributed by atoms with Crippen LogP contribution in [0, 0.1) is 0 Å². The molecule has 21 heavy (non-hydrogen) atoms. The zero-order valence-corrected chi connectivity index (χ0v) is 12.6. The Kier molecular flexibility index (Phi) is 6.52. The topological polar surface area (TPSA) is 87.7 Å². The predicted octanol–water partition coefficient (Wildman–Crippen LogP) is 3.09. The second kappa shape index (κ2) is 8.14. The molecule has 0 heterocycles. The van der Waals surface area contributed by atoms with E-state index in [0.29, 0.717) is 11.4 Å². The van der Waals surface area contributed by atoms with Gasteiger partial charge in [-0.3, -0.25) is 0 Å². The summed E-state index contributed by atoms with van der Waals surface area (Å²) in [5.74, 6) is -0.641. The normalized spacial score (nSPS) is 11.6. The van der Waals surface area contributed by atoms with Crippen LogP contribution in [0.15, 0.2) is 18.2 Å². The van der Waals surface area contributed by atoms with Crippen molar-refractivity contribution in [3.8, 4) is 5.75 Å². The Hall–Kier alpha value is -2.24. The van der Waals surface area contributed by atoms with Crippen LogP contribution in [0.2, 0.25) is 0 Å². The van der Waals surface area contributed by atoms with Crippen molar-refractivity contribution in [2.45, 2.75) is 39.2 Å². The van der Waals surface area contributed by atoms with Crippen LogP contribution in [0.1, 0.15) is 43.5 Å². The van der Waals surface area contributed by atoms with Gasteiger partial charge in [0.1, 0.15) is 5.75 Å². The van der Waals surface area contributed by atoms with Gasteiger partial charge >= 0.3 is 12.0 Å². The van der Waals surface area contributed by atoms with E-state index in [4.69, 9.17) is 9.84 Å². The number of carboxylic acid groups (broad SMARTS) is 1. The highest BCUT2D eigenvalue weighted by Gasteiger charge is 2.13. The molecule has 1 rings (SSSR count). The zero-order chi connectivity index (χ0) is 15.8. The molecule has 116 valence electrons. The van der Waals surface area contributed by atoms with Gasteiger partial charge in [0.25, 0.3) is 0 Å². The van der Waals surface area contributed by atoms with E-state index in [1.165, 1.54) is 25.3 Å². The van der Waals surface area contributed by atoms with Crippen molar-refractivity contribution in [3.05, 3.63) is 23.8 Å². The molecule has 1 aromatic carbocycles. The van der Waals surface area contributed by atoms with E-state index in [1.54, 1.807) is 0 Å². The largest absolute Gasteiger partial charge is 0.495 e. The Morgan fingerprint density at radius 1 is 1.33 bits per heavy atom. The fourth-order valence-corrected chi connectivity index (χ4v) is 2.01. The van der Waals surface area contributed by atoms with Gasteiger partial charge in [-0.1, -0.05) is 20.3 Å². The van der Waals surface area contributed by atoms with Crippen LogP contribution in [-0.4, -0.2) is 30.3 Å². The summed E-state index contributed by atoms with van der Waals surface area (Å²) in [6, 6.07) is 4.06. The molecule has 1 unspecified atom stereocenters. The number of ether oxygens (including phenoxy) is 1. The first-order valence-electron chi connectivity index (χ1n) is 7.00. The van der Waals surface area contributed by atoms with Gasteiger partial charge in [0.05, 0.1) is 18.4 Å². The first-order chi connectivity index (χ1) is 10.0. The summed E-state index contributed by atoms with van der Waals surface area (Å²) in [5.41, 5.74) is 0.424. The van der Waals surface area contributed by atoms with E-state index >= 15 is 0 Å². The van der Waals surface area contributed by atoms with Crippen LogP contribution >= 0.6 is 0 Å². The van der Waals surface area contributed by atoms with E-state index in [-0.39, 0.29) is 17.6 Å². The highest BCUT2D eigenvalue weighted by Crippen LogP contribution is 2.25. The quantitative estimate of drug-likeness (QED) is 0.721. The number of nitrogens with one attached hydrogen (secondary N) is 2. The van der Waals surface area contributed by atoms with Gasteiger partial charge in [-0.15, -0.1) is 0 Å². The van der Waals surface area contributed by atoms with Crippen molar-refractivity contribution >= 4 is 17.7 Å². The first-order valence-corrected chi connectivity index (χ1v) is 7.00. The van der Waals surface area contributed by atoms with Gasteiger partial charge in [-0.25, -0.2) is 9.59 Å². The number of amides is 2. The first kappa shape index (κ1) is 16.8. The second-order valence-corrected chi connectivity index (χ2v) is 4.71. The Bertz CT molecular complexity index is 502. The maximum Gasteiger partial charge on any atom is 0.335 e. The van der Waals surface area contributed by atoms with E-state index in [9.17, 15) is 9.59 Å². The predicted molar refractivity (Wildman–Crippen MR) is 81.1 cm³/mol. The smallest absolute Gasteiger partial charge is 0.335 e. The number of hydrogen-bond acceptors (Lipinski definition) is 3. The summed E-state index contributed by atoms with van der Waals surface area (Å²) in [4.78, 5) is 23.0. The number of urea groups is 1. The summed E-state index contributed by atoms with van der Waals surface area (Å²) in [6.07, 6.45) is 2.72. The van der Waals surface area contributed by atoms with E-state index in [0.717, 1.165) is 19.3 Å². The van der Waals surface area contributed by atoms with Gasteiger partial charge in [0, 0.05) is 6.04 Å². The molecule has 0 aliphatic rings. The molecule has 0 aliphatic heterocycles. The molecule has 6 heteroatoms. The van der Waals surface area contributed by atoms with Gasteiger partial charge < -0.3 is 20.5 Å². The van der Waals surface area contributed by atoms with Crippen LogP contribution in [0.3, 0.4) is 0 Å². The van der Waals surface area contributed by atoms with Crippen LogP contribution in [0.4, 0.5) is 10.5 Å². The molecule has 1 atom stereocenters. The third-order valence-corrected chi connectivity index (χ3v) is 3.16. The van der Waals surface area contributed by atoms with E-state index in [1.807, 2.05) is 6.92 Å². The lowest BCUT2D eigenvalue weighted by atomic mass is 10.1. The minimum atomic E-state index is -1.06. The molecule has 6 nitrogen and oxygen atoms in total. The molecule has 0 saturated heterocycles. The number of benzene rings is 1. The fourth-order valence-electron chi connectivity index (χ4n) is 2.01. The second-order valence-electron chi connectivity index (χ2n) is 4.71. The third kappa shape index (κ3) is 4.98. The Morgan fingerprint density at radius 3 is 2.57 bits per heavy atom. The summed E-state index contributed by atoms with van der Waals surface area (Å²) in [5, 5.41) is 14.5. The van der Waals surface area contributed by atoms with Crippen molar-refractivity contribution in [2.75, 3.05) is 12.4 Å². The van der Waals surface area contributed by atoms with Crippen LogP contribution in [0.25, 0.3) is 0 Å². The molecule has 0 fully saturated rings. The molecule has 1 aromatic rings. The average molecular weight is 294 g/mol. The molecular weight excluding hydrogens is 272 g/mol. The monoisotopic (exact) mass is 294 g/mol. The molecule has 0 bridgehead atoms. The molecule has 0 aromatic heterocycles. The minimum absolute atomic E-state index is 0.0895. The maximum absolute atomic E-state index is 12.0. The summed E-state index contributed by atoms with van der Waals surface area (Å²) in [7, 11) is 1.46. The van der Waals surface area contributed by atoms with Crippen molar-refractivity contribution in [3.63, 3.8) is 0 Å². The average Bonchev–Trinajstić information content (AvgIpc) is 2.46. The minimum Gasteiger partial charge on any atom is -0.495 e. The van der Waals surface area contributed by atoms with Gasteiger partial charge in [0.2, 0.25) is 0 Å². The summed E-state index contributed by atoms with van der Waals surface area (Å²) < 4.78 is 5.12. The molecule has 3 N–H and O–H groups in total. The zero-order valence-electron chi connectivity index (χ0n) is 12.6. The van der Waals surface area contributed by atoms with E-state index < -0.39 is 5.97 Å². The highest BCUT2D eigenvalue weighted by atomic mass is 16.5. The Balaban J connectivity index is 2.82. The maximum atomic E-state index is 12.0. The molecular formula is C15H22N2O4. The number of carboxylic acids is 1. The molecule has 0 aliphatic carbocycles. The number of aromatic carboxylic acids is 1. The van der Waals surface area contributed by atoms with Gasteiger partial charge in [0.15, 0.2) is 0 Å². The standard InChI is InChI=1S/C15H22N2O4/c1-4-6-11(5-2)16-15(20)17-12-9-10(14(18)19)7-8-13(12)21-3/h7-9,11H,4-6H2,1-3H3,(H,18,19)(H2,16,17,20). The Morgan fingerprint density at radius 2 is 2.05 bits per heavy atom. The van der Waals surface area contributed by atoms with Crippen molar-refractivity contribution in [1.82, 2.24) is 5.32 Å². The van der Waals surface area contributed by atoms with Crippen LogP contribution in [-0.2, 0) is 0 Å². The lowest BCUT2D eigenvalue weighted by molar-refractivity contribution is 0.0697. The fraction of sp³-hybridized carbons (Fsp3) is 0.467. The molecule has 0 radical (unpaired) electrons. The van der Waals surface area contributed by atoms with Crippen LogP contribution < -0.4 is 15.4 Å². The summed E-state index contributed by atoms with van der Waals surface area (Å²) >= 11 is 0. The number of carbonyl (C=O) groups excluding carboxylic acids is 1. The number of anilines is 1. The lowest BCUT2D eigenvalue weighted by Crippen LogP contribution is -2.37. The third-order valence-electron chi connectivity index (χ3n) is 3.16. The number of methoxy groups -OCH3 is 1. The molecule has 2 amide bonds. The van der Waals surface area contributed by atoms with Gasteiger partial charge in [-0.2, -0.15) is 0 Å². The number of hydrogen-bond donors (Lipinski definition) is 3. The van der Waals surface area contributed by atoms with Crippen molar-refractivity contribution in [2.24, 2.45) is 0 Å². The number of rotatable bonds is 7. The number of carbonyl (C=O) groups is 2. The SMILES string of the molecule is CCCC(CC)NC(=O)Nc1cc(C(=O)O)ccc1OC. The Labute approximate surface area is 124 Å². The lowest BCUT2D eigenvalue weighted by Gasteiger charge is -2.17. The van der Waals surface area contributed by atoms with Crippen molar-refractivity contribution < 1.29 is 19.4 Å². The van der Waals surface area contributed by atoms with Gasteiger partial charge in [-0.05, 0) is 31.0 Å². The van der Waals surface area contributed by atoms with E-state index in [2.05, 4.69) is 17.6 Å². The summed E-state index contributed by atoms with van der Waals surface area (Å²) in [6.45, 7) is 4.06. The highest BCUT2D eigenvalue weighted by molar-refractivity contribution is 5.94. The molecule has 0 saturated carbocycles. The molecule has 0 spiro atoms.